The number of rotatable bonds is 5. The molecule has 0 unspecified atom stereocenters. The highest BCUT2D eigenvalue weighted by atomic mass is 16.5. The first-order chi connectivity index (χ1) is 12.5. The number of ether oxygens (including phenoxy) is 2. The molecule has 1 aliphatic heterocycles. The normalized spacial score (nSPS) is 14.5. The van der Waals surface area contributed by atoms with Gasteiger partial charge in [-0.2, -0.15) is 0 Å². The molecule has 0 spiro atoms. The Morgan fingerprint density at radius 2 is 1.88 bits per heavy atom. The van der Waals surface area contributed by atoms with Crippen molar-refractivity contribution in [3.63, 3.8) is 0 Å². The highest BCUT2D eigenvalue weighted by Crippen LogP contribution is 2.34. The van der Waals surface area contributed by atoms with Crippen molar-refractivity contribution >= 4 is 17.7 Å². The predicted molar refractivity (Wildman–Crippen MR) is 99.9 cm³/mol. The van der Waals surface area contributed by atoms with Gasteiger partial charge in [0.2, 0.25) is 0 Å². The number of para-hydroxylation sites is 1. The van der Waals surface area contributed by atoms with Gasteiger partial charge < -0.3 is 29.9 Å². The summed E-state index contributed by atoms with van der Waals surface area (Å²) < 4.78 is 10.5. The van der Waals surface area contributed by atoms with Gasteiger partial charge >= 0.3 is 12.1 Å². The second-order valence-corrected chi connectivity index (χ2v) is 6.48. The van der Waals surface area contributed by atoms with Crippen molar-refractivity contribution in [2.75, 3.05) is 53.3 Å². The van der Waals surface area contributed by atoms with Crippen molar-refractivity contribution in [1.29, 1.82) is 0 Å². The van der Waals surface area contributed by atoms with Crippen LogP contribution in [0, 0.1) is 5.92 Å². The Kier molecular flexibility index (Phi) is 6.94. The fourth-order valence-corrected chi connectivity index (χ4v) is 3.00. The Bertz CT molecular complexity index is 628. The lowest BCUT2D eigenvalue weighted by atomic mass is 9.97. The van der Waals surface area contributed by atoms with Gasteiger partial charge in [0, 0.05) is 33.7 Å². The van der Waals surface area contributed by atoms with Crippen molar-refractivity contribution in [1.82, 2.24) is 15.1 Å². The van der Waals surface area contributed by atoms with Gasteiger partial charge in [-0.05, 0) is 30.9 Å². The number of urea groups is 2. The lowest BCUT2D eigenvalue weighted by Gasteiger charge is -2.33. The van der Waals surface area contributed by atoms with Crippen molar-refractivity contribution in [2.45, 2.75) is 12.8 Å². The average molecular weight is 364 g/mol. The number of piperidine rings is 1. The van der Waals surface area contributed by atoms with E-state index >= 15 is 0 Å². The van der Waals surface area contributed by atoms with E-state index in [1.807, 2.05) is 4.90 Å². The maximum absolute atomic E-state index is 12.2. The summed E-state index contributed by atoms with van der Waals surface area (Å²) in [6.07, 6.45) is 1.75. The molecule has 8 heteroatoms. The average Bonchev–Trinajstić information content (AvgIpc) is 2.65. The van der Waals surface area contributed by atoms with E-state index in [1.165, 1.54) is 7.11 Å². The molecule has 1 aliphatic rings. The van der Waals surface area contributed by atoms with Crippen LogP contribution in [0.15, 0.2) is 18.2 Å². The molecule has 0 radical (unpaired) electrons. The number of methoxy groups -OCH3 is 2. The highest BCUT2D eigenvalue weighted by molar-refractivity contribution is 5.91. The zero-order valence-electron chi connectivity index (χ0n) is 15.9. The van der Waals surface area contributed by atoms with Crippen molar-refractivity contribution < 1.29 is 19.1 Å². The Morgan fingerprint density at radius 3 is 2.46 bits per heavy atom. The second-order valence-electron chi connectivity index (χ2n) is 6.48. The van der Waals surface area contributed by atoms with Gasteiger partial charge in [-0.3, -0.25) is 0 Å². The minimum atomic E-state index is -0.289. The van der Waals surface area contributed by atoms with Gasteiger partial charge in [0.1, 0.15) is 0 Å². The molecule has 1 aromatic rings. The summed E-state index contributed by atoms with van der Waals surface area (Å²) in [5, 5.41) is 5.69. The van der Waals surface area contributed by atoms with E-state index in [-0.39, 0.29) is 12.1 Å². The van der Waals surface area contributed by atoms with Crippen LogP contribution in [0.3, 0.4) is 0 Å². The Hall–Kier alpha value is -2.64. The van der Waals surface area contributed by atoms with Gasteiger partial charge in [-0.1, -0.05) is 6.07 Å². The van der Waals surface area contributed by atoms with Crippen LogP contribution >= 0.6 is 0 Å². The number of nitrogens with zero attached hydrogens (tertiary/aromatic N) is 2. The van der Waals surface area contributed by atoms with E-state index in [0.717, 1.165) is 12.8 Å². The molecular weight excluding hydrogens is 336 g/mol. The van der Waals surface area contributed by atoms with Crippen LogP contribution in [-0.4, -0.2) is 69.8 Å². The molecule has 1 fully saturated rings. The van der Waals surface area contributed by atoms with E-state index in [2.05, 4.69) is 10.6 Å². The van der Waals surface area contributed by atoms with Gasteiger partial charge in [0.25, 0.3) is 0 Å². The minimum absolute atomic E-state index is 0.0410. The molecule has 1 saturated heterocycles. The molecular formula is C18H28N4O4. The summed E-state index contributed by atoms with van der Waals surface area (Å²) in [7, 11) is 6.60. The number of anilines is 1. The smallest absolute Gasteiger partial charge is 0.319 e. The number of amides is 4. The van der Waals surface area contributed by atoms with E-state index < -0.39 is 0 Å². The van der Waals surface area contributed by atoms with Crippen LogP contribution in [-0.2, 0) is 0 Å². The summed E-state index contributed by atoms with van der Waals surface area (Å²) in [6, 6.07) is 5.06. The first kappa shape index (κ1) is 19.7. The van der Waals surface area contributed by atoms with Gasteiger partial charge in [-0.25, -0.2) is 9.59 Å². The molecule has 8 nitrogen and oxygen atoms in total. The largest absolute Gasteiger partial charge is 0.493 e. The summed E-state index contributed by atoms with van der Waals surface area (Å²) >= 11 is 0. The Morgan fingerprint density at radius 1 is 1.19 bits per heavy atom. The van der Waals surface area contributed by atoms with Crippen LogP contribution in [0.1, 0.15) is 12.8 Å². The number of likely N-dealkylation sites (tertiary alicyclic amines) is 1. The zero-order chi connectivity index (χ0) is 19.1. The molecule has 4 amide bonds. The highest BCUT2D eigenvalue weighted by Gasteiger charge is 2.24. The molecule has 2 N–H and O–H groups in total. The van der Waals surface area contributed by atoms with Crippen molar-refractivity contribution in [3.05, 3.63) is 18.2 Å². The number of hydrogen-bond donors (Lipinski definition) is 2. The van der Waals surface area contributed by atoms with E-state index in [4.69, 9.17) is 9.47 Å². The summed E-state index contributed by atoms with van der Waals surface area (Å²) in [6.45, 7) is 2.01. The second kappa shape index (κ2) is 9.17. The summed E-state index contributed by atoms with van der Waals surface area (Å²) in [4.78, 5) is 27.6. The van der Waals surface area contributed by atoms with Gasteiger partial charge in [0.15, 0.2) is 11.5 Å². The van der Waals surface area contributed by atoms with Crippen LogP contribution in [0.25, 0.3) is 0 Å². The fourth-order valence-electron chi connectivity index (χ4n) is 3.00. The van der Waals surface area contributed by atoms with Crippen molar-refractivity contribution in [2.24, 2.45) is 5.92 Å². The molecule has 2 rings (SSSR count). The Balaban J connectivity index is 1.81. The lowest BCUT2D eigenvalue weighted by molar-refractivity contribution is 0.147. The molecule has 1 aromatic carbocycles. The van der Waals surface area contributed by atoms with Crippen LogP contribution in [0.5, 0.6) is 11.5 Å². The molecule has 0 saturated carbocycles. The quantitative estimate of drug-likeness (QED) is 0.839. The number of carbonyl (C=O) groups is 2. The molecule has 0 aliphatic carbocycles. The Labute approximate surface area is 154 Å². The molecule has 0 aromatic heterocycles. The van der Waals surface area contributed by atoms with Crippen LogP contribution in [0.2, 0.25) is 0 Å². The summed E-state index contributed by atoms with van der Waals surface area (Å²) in [5.74, 6) is 1.41. The van der Waals surface area contributed by atoms with E-state index in [0.29, 0.717) is 42.7 Å². The third kappa shape index (κ3) is 4.93. The van der Waals surface area contributed by atoms with Gasteiger partial charge in [0.05, 0.1) is 19.9 Å². The number of hydrogen-bond acceptors (Lipinski definition) is 4. The topological polar surface area (TPSA) is 83.1 Å². The zero-order valence-corrected chi connectivity index (χ0v) is 15.9. The third-order valence-electron chi connectivity index (χ3n) is 4.47. The monoisotopic (exact) mass is 364 g/mol. The first-order valence-electron chi connectivity index (χ1n) is 8.68. The molecule has 0 atom stereocenters. The predicted octanol–water partition coefficient (Wildman–Crippen LogP) is 2.22. The summed E-state index contributed by atoms with van der Waals surface area (Å²) in [5.41, 5.74) is 0.552. The van der Waals surface area contributed by atoms with Crippen molar-refractivity contribution in [3.8, 4) is 11.5 Å². The van der Waals surface area contributed by atoms with Crippen LogP contribution in [0.4, 0.5) is 15.3 Å². The maximum atomic E-state index is 12.2. The first-order valence-corrected chi connectivity index (χ1v) is 8.68. The van der Waals surface area contributed by atoms with Gasteiger partial charge in [-0.15, -0.1) is 0 Å². The number of carbonyl (C=O) groups excluding carboxylic acids is 2. The van der Waals surface area contributed by atoms with E-state index in [9.17, 15) is 9.59 Å². The number of benzene rings is 1. The molecule has 144 valence electrons. The molecule has 0 bridgehead atoms. The maximum Gasteiger partial charge on any atom is 0.319 e. The van der Waals surface area contributed by atoms with E-state index in [1.54, 1.807) is 44.3 Å². The SMILES string of the molecule is COc1cccc(NC(=O)NCC2CCN(C(=O)N(C)C)CC2)c1OC. The third-order valence-corrected chi connectivity index (χ3v) is 4.47. The molecule has 1 heterocycles. The number of nitrogens with one attached hydrogen (secondary N) is 2. The fraction of sp³-hybridized carbons (Fsp3) is 0.556. The standard InChI is InChI=1S/C18H28N4O4/c1-21(2)18(24)22-10-8-13(9-11-22)12-19-17(23)20-14-6-5-7-15(25-3)16(14)26-4/h5-7,13H,8-12H2,1-4H3,(H2,19,20,23). The lowest BCUT2D eigenvalue weighted by Crippen LogP contribution is -2.45. The molecule has 26 heavy (non-hydrogen) atoms. The minimum Gasteiger partial charge on any atom is -0.493 e. The van der Waals surface area contributed by atoms with Crippen LogP contribution < -0.4 is 20.1 Å².